The van der Waals surface area contributed by atoms with Crippen LogP contribution in [0.3, 0.4) is 0 Å². The van der Waals surface area contributed by atoms with E-state index in [4.69, 9.17) is 21.1 Å². The van der Waals surface area contributed by atoms with Gasteiger partial charge in [0.05, 0.1) is 0 Å². The van der Waals surface area contributed by atoms with Gasteiger partial charge in [-0.25, -0.2) is 0 Å². The summed E-state index contributed by atoms with van der Waals surface area (Å²) in [7, 11) is 1.72. The zero-order chi connectivity index (χ0) is 13.3. The van der Waals surface area contributed by atoms with Crippen LogP contribution in [0.2, 0.25) is 5.02 Å². The van der Waals surface area contributed by atoms with Crippen molar-refractivity contribution in [1.82, 2.24) is 4.90 Å². The van der Waals surface area contributed by atoms with Crippen molar-refractivity contribution in [2.24, 2.45) is 0 Å². The van der Waals surface area contributed by atoms with Gasteiger partial charge in [0.1, 0.15) is 18.5 Å². The van der Waals surface area contributed by atoms with Gasteiger partial charge in [-0.15, -0.1) is 0 Å². The number of ether oxygens (including phenoxy) is 2. The van der Waals surface area contributed by atoms with Crippen LogP contribution in [0.4, 0.5) is 0 Å². The summed E-state index contributed by atoms with van der Waals surface area (Å²) in [5, 5.41) is 0.679. The van der Waals surface area contributed by atoms with E-state index >= 15 is 0 Å². The molecule has 1 aromatic carbocycles. The van der Waals surface area contributed by atoms with Crippen molar-refractivity contribution in [1.29, 1.82) is 0 Å². The topological polar surface area (TPSA) is 38.8 Å². The summed E-state index contributed by atoms with van der Waals surface area (Å²) in [5.74, 6) is 0.736. The summed E-state index contributed by atoms with van der Waals surface area (Å²) >= 11 is 5.87. The number of carbonyl (C=O) groups is 1. The quantitative estimate of drug-likeness (QED) is 0.845. The van der Waals surface area contributed by atoms with Gasteiger partial charge in [-0.1, -0.05) is 11.6 Å². The molecule has 0 bridgehead atoms. The second kappa shape index (κ2) is 5.16. The number of hydrogen-bond acceptors (Lipinski definition) is 3. The molecule has 18 heavy (non-hydrogen) atoms. The zero-order valence-corrected chi connectivity index (χ0v) is 11.4. The van der Waals surface area contributed by atoms with Crippen molar-refractivity contribution >= 4 is 17.5 Å². The number of halogens is 1. The fraction of sp³-hybridized carbons (Fsp3) is 0.462. The lowest BCUT2D eigenvalue weighted by Crippen LogP contribution is -2.34. The fourth-order valence-corrected chi connectivity index (χ4v) is 2.13. The van der Waals surface area contributed by atoms with Gasteiger partial charge in [0.15, 0.2) is 6.23 Å². The summed E-state index contributed by atoms with van der Waals surface area (Å²) in [5.41, 5.74) is 0.961. The van der Waals surface area contributed by atoms with Crippen LogP contribution in [0.15, 0.2) is 18.2 Å². The van der Waals surface area contributed by atoms with Gasteiger partial charge < -0.3 is 14.4 Å². The minimum absolute atomic E-state index is 0.0172. The van der Waals surface area contributed by atoms with E-state index in [0.717, 1.165) is 11.3 Å². The Bertz CT molecular complexity index is 464. The third kappa shape index (κ3) is 2.60. The molecule has 0 saturated carbocycles. The molecule has 1 heterocycles. The van der Waals surface area contributed by atoms with E-state index in [1.54, 1.807) is 24.9 Å². The molecule has 0 spiro atoms. The van der Waals surface area contributed by atoms with Crippen LogP contribution in [0.1, 0.15) is 12.5 Å². The molecule has 5 heteroatoms. The van der Waals surface area contributed by atoms with Crippen LogP contribution in [0.25, 0.3) is 0 Å². The first-order valence-electron chi connectivity index (χ1n) is 5.80. The first-order valence-corrected chi connectivity index (χ1v) is 6.18. The van der Waals surface area contributed by atoms with Gasteiger partial charge in [-0.3, -0.25) is 4.79 Å². The molecule has 1 aliphatic rings. The van der Waals surface area contributed by atoms with Crippen LogP contribution < -0.4 is 4.74 Å². The predicted molar refractivity (Wildman–Crippen MR) is 68.8 cm³/mol. The SMILES string of the molecule is Cc1cc(Cl)ccc1OCC1OC(C)C(=O)N1C. The average molecular weight is 270 g/mol. The Morgan fingerprint density at radius 3 is 2.78 bits per heavy atom. The third-order valence-electron chi connectivity index (χ3n) is 3.01. The first kappa shape index (κ1) is 13.2. The lowest BCUT2D eigenvalue weighted by molar-refractivity contribution is -0.128. The van der Waals surface area contributed by atoms with Crippen molar-refractivity contribution in [2.45, 2.75) is 26.2 Å². The average Bonchev–Trinajstić information content (AvgIpc) is 2.56. The second-order valence-electron chi connectivity index (χ2n) is 4.40. The van der Waals surface area contributed by atoms with Crippen molar-refractivity contribution in [3.8, 4) is 5.75 Å². The molecule has 0 aromatic heterocycles. The van der Waals surface area contributed by atoms with Crippen molar-refractivity contribution in [3.05, 3.63) is 28.8 Å². The summed E-state index contributed by atoms with van der Waals surface area (Å²) in [6, 6.07) is 5.43. The molecule has 4 nitrogen and oxygen atoms in total. The number of rotatable bonds is 3. The highest BCUT2D eigenvalue weighted by molar-refractivity contribution is 6.30. The molecule has 1 amide bonds. The molecular formula is C13H16ClNO3. The standard InChI is InChI=1S/C13H16ClNO3/c1-8-6-10(14)4-5-11(8)17-7-12-15(3)13(16)9(2)18-12/h4-6,9,12H,7H2,1-3H3. The minimum Gasteiger partial charge on any atom is -0.489 e. The molecule has 1 fully saturated rings. The van der Waals surface area contributed by atoms with Gasteiger partial charge in [-0.05, 0) is 37.6 Å². The largest absolute Gasteiger partial charge is 0.489 e. The van der Waals surface area contributed by atoms with Crippen molar-refractivity contribution < 1.29 is 14.3 Å². The highest BCUT2D eigenvalue weighted by atomic mass is 35.5. The summed E-state index contributed by atoms with van der Waals surface area (Å²) in [6.07, 6.45) is -0.725. The van der Waals surface area contributed by atoms with Crippen LogP contribution in [-0.2, 0) is 9.53 Å². The highest BCUT2D eigenvalue weighted by Crippen LogP contribution is 2.23. The maximum Gasteiger partial charge on any atom is 0.253 e. The van der Waals surface area contributed by atoms with Gasteiger partial charge in [0.25, 0.3) is 5.91 Å². The third-order valence-corrected chi connectivity index (χ3v) is 3.24. The summed E-state index contributed by atoms with van der Waals surface area (Å²) in [6.45, 7) is 3.98. The number of benzene rings is 1. The maximum atomic E-state index is 11.6. The molecule has 1 saturated heterocycles. The first-order chi connectivity index (χ1) is 8.49. The molecule has 2 unspecified atom stereocenters. The second-order valence-corrected chi connectivity index (χ2v) is 4.84. The molecule has 1 aromatic rings. The van der Waals surface area contributed by atoms with Crippen LogP contribution in [0.5, 0.6) is 5.75 Å². The molecule has 2 atom stereocenters. The van der Waals surface area contributed by atoms with E-state index in [2.05, 4.69) is 0 Å². The lowest BCUT2D eigenvalue weighted by Gasteiger charge is -2.19. The maximum absolute atomic E-state index is 11.6. The zero-order valence-electron chi connectivity index (χ0n) is 10.6. The van der Waals surface area contributed by atoms with E-state index in [1.807, 2.05) is 19.1 Å². The predicted octanol–water partition coefficient (Wildman–Crippen LogP) is 2.23. The van der Waals surface area contributed by atoms with Gasteiger partial charge in [0.2, 0.25) is 0 Å². The minimum atomic E-state index is -0.394. The van der Waals surface area contributed by atoms with Gasteiger partial charge in [0, 0.05) is 12.1 Å². The van der Waals surface area contributed by atoms with Crippen LogP contribution in [0, 0.1) is 6.92 Å². The Morgan fingerprint density at radius 1 is 1.50 bits per heavy atom. The number of amides is 1. The Labute approximate surface area is 111 Å². The van der Waals surface area contributed by atoms with Crippen LogP contribution in [-0.4, -0.2) is 36.8 Å². The van der Waals surface area contributed by atoms with Gasteiger partial charge >= 0.3 is 0 Å². The number of carbonyl (C=O) groups excluding carboxylic acids is 1. The Hall–Kier alpha value is -1.26. The number of aryl methyl sites for hydroxylation is 1. The van der Waals surface area contributed by atoms with Gasteiger partial charge in [-0.2, -0.15) is 0 Å². The Kier molecular flexibility index (Phi) is 3.78. The Morgan fingerprint density at radius 2 is 2.22 bits per heavy atom. The normalized spacial score (nSPS) is 23.6. The van der Waals surface area contributed by atoms with E-state index in [0.29, 0.717) is 11.6 Å². The van der Waals surface area contributed by atoms with E-state index < -0.39 is 6.10 Å². The molecule has 0 N–H and O–H groups in total. The van der Waals surface area contributed by atoms with Crippen molar-refractivity contribution in [3.63, 3.8) is 0 Å². The Balaban J connectivity index is 1.98. The monoisotopic (exact) mass is 269 g/mol. The fourth-order valence-electron chi connectivity index (χ4n) is 1.90. The lowest BCUT2D eigenvalue weighted by atomic mass is 10.2. The van der Waals surface area contributed by atoms with E-state index in [-0.39, 0.29) is 12.1 Å². The summed E-state index contributed by atoms with van der Waals surface area (Å²) in [4.78, 5) is 13.1. The number of likely N-dealkylation sites (N-methyl/N-ethyl adjacent to an activating group) is 1. The molecule has 98 valence electrons. The molecular weight excluding hydrogens is 254 g/mol. The summed E-state index contributed by atoms with van der Waals surface area (Å²) < 4.78 is 11.2. The molecule has 2 rings (SSSR count). The smallest absolute Gasteiger partial charge is 0.253 e. The van der Waals surface area contributed by atoms with Crippen LogP contribution >= 0.6 is 11.6 Å². The molecule has 0 radical (unpaired) electrons. The molecule has 1 aliphatic heterocycles. The van der Waals surface area contributed by atoms with Crippen molar-refractivity contribution in [2.75, 3.05) is 13.7 Å². The number of nitrogens with zero attached hydrogens (tertiary/aromatic N) is 1. The number of hydrogen-bond donors (Lipinski definition) is 0. The van der Waals surface area contributed by atoms with E-state index in [9.17, 15) is 4.79 Å². The van der Waals surface area contributed by atoms with E-state index in [1.165, 1.54) is 0 Å². The highest BCUT2D eigenvalue weighted by Gasteiger charge is 2.35. The molecule has 0 aliphatic carbocycles.